The van der Waals surface area contributed by atoms with Crippen molar-refractivity contribution in [2.45, 2.75) is 78.3 Å². The zero-order valence-electron chi connectivity index (χ0n) is 16.1. The molecule has 1 aromatic rings. The smallest absolute Gasteiger partial charge is 0.191 e. The number of aliphatic imine (C=N–C) groups is 1. The van der Waals surface area contributed by atoms with Crippen LogP contribution in [0.3, 0.4) is 0 Å². The molecule has 0 aromatic carbocycles. The van der Waals surface area contributed by atoms with Gasteiger partial charge in [-0.25, -0.2) is 0 Å². The van der Waals surface area contributed by atoms with Crippen molar-refractivity contribution in [1.82, 2.24) is 25.4 Å². The van der Waals surface area contributed by atoms with E-state index in [9.17, 15) is 0 Å². The second-order valence-electron chi connectivity index (χ2n) is 7.67. The number of aryl methyl sites for hydroxylation is 2. The molecule has 6 nitrogen and oxygen atoms in total. The van der Waals surface area contributed by atoms with Crippen LogP contribution in [0.1, 0.15) is 64.0 Å². The maximum absolute atomic E-state index is 4.90. The van der Waals surface area contributed by atoms with Crippen molar-refractivity contribution < 1.29 is 0 Å². The quantitative estimate of drug-likeness (QED) is 0.635. The maximum Gasteiger partial charge on any atom is 0.191 e. The van der Waals surface area contributed by atoms with Crippen LogP contribution in [0.4, 0.5) is 0 Å². The molecule has 1 fully saturated rings. The number of hydrogen-bond acceptors (Lipinski definition) is 3. The number of nitrogens with zero attached hydrogens (tertiary/aromatic N) is 4. The summed E-state index contributed by atoms with van der Waals surface area (Å²) in [6.45, 7) is 9.28. The predicted octanol–water partition coefficient (Wildman–Crippen LogP) is 2.67. The molecule has 0 spiro atoms. The average Bonchev–Trinajstić information content (AvgIpc) is 3.01. The first-order valence-corrected chi connectivity index (χ1v) is 10.1. The lowest BCUT2D eigenvalue weighted by molar-refractivity contribution is 0.303. The minimum Gasteiger partial charge on any atom is -0.357 e. The molecular formula is C19H34N6. The van der Waals surface area contributed by atoms with Crippen LogP contribution in [-0.2, 0) is 13.0 Å². The second kappa shape index (κ2) is 8.68. The van der Waals surface area contributed by atoms with E-state index >= 15 is 0 Å². The molecule has 0 saturated heterocycles. The monoisotopic (exact) mass is 346 g/mol. The van der Waals surface area contributed by atoms with Gasteiger partial charge in [0.15, 0.2) is 5.96 Å². The predicted molar refractivity (Wildman–Crippen MR) is 102 cm³/mol. The molecule has 1 aliphatic carbocycles. The Kier molecular flexibility index (Phi) is 6.32. The molecule has 2 N–H and O–H groups in total. The third kappa shape index (κ3) is 4.73. The first kappa shape index (κ1) is 18.2. The first-order valence-electron chi connectivity index (χ1n) is 10.1. The summed E-state index contributed by atoms with van der Waals surface area (Å²) in [5.74, 6) is 4.67. The number of fused-ring (bicyclic) bond motifs is 1. The largest absolute Gasteiger partial charge is 0.357 e. The van der Waals surface area contributed by atoms with Crippen LogP contribution in [0.2, 0.25) is 0 Å². The average molecular weight is 347 g/mol. The van der Waals surface area contributed by atoms with Crippen LogP contribution in [0.5, 0.6) is 0 Å². The number of nitrogens with one attached hydrogen (secondary N) is 2. The minimum absolute atomic E-state index is 0.577. The first-order chi connectivity index (χ1) is 12.2. The van der Waals surface area contributed by atoms with Crippen molar-refractivity contribution in [3.63, 3.8) is 0 Å². The fraction of sp³-hybridized carbons (Fsp3) is 0.842. The summed E-state index contributed by atoms with van der Waals surface area (Å²) >= 11 is 0. The second-order valence-corrected chi connectivity index (χ2v) is 7.67. The molecule has 1 aromatic heterocycles. The Hall–Kier alpha value is -1.59. The molecule has 2 aliphatic rings. The lowest BCUT2D eigenvalue weighted by Gasteiger charge is -2.30. The Morgan fingerprint density at radius 1 is 1.12 bits per heavy atom. The number of hydrogen-bond donors (Lipinski definition) is 2. The van der Waals surface area contributed by atoms with Crippen molar-refractivity contribution >= 4 is 5.96 Å². The van der Waals surface area contributed by atoms with Gasteiger partial charge in [-0.15, -0.1) is 10.2 Å². The van der Waals surface area contributed by atoms with Crippen LogP contribution in [0.25, 0.3) is 0 Å². The van der Waals surface area contributed by atoms with Crippen molar-refractivity contribution in [3.8, 4) is 0 Å². The summed E-state index contributed by atoms with van der Waals surface area (Å²) in [5.41, 5.74) is 0. The summed E-state index contributed by atoms with van der Waals surface area (Å²) in [7, 11) is 0. The van der Waals surface area contributed by atoms with Crippen LogP contribution in [0.15, 0.2) is 4.99 Å². The standard InChI is InChI=1S/C19H34N6/c1-4-15-6-9-17(10-7-15)22-19(20-5-2)21-12-16-8-11-18-24-23-14(3)25(18)13-16/h15-17H,4-13H2,1-3H3,(H2,20,21,22). The molecule has 1 atom stereocenters. The Bertz CT molecular complexity index is 570. The Labute approximate surface area is 151 Å². The normalized spacial score (nSPS) is 27.0. The van der Waals surface area contributed by atoms with Gasteiger partial charge in [0.05, 0.1) is 0 Å². The van der Waals surface area contributed by atoms with Crippen LogP contribution >= 0.6 is 0 Å². The lowest BCUT2D eigenvalue weighted by atomic mass is 9.84. The van der Waals surface area contributed by atoms with Crippen molar-refractivity contribution in [2.75, 3.05) is 13.1 Å². The molecule has 2 heterocycles. The van der Waals surface area contributed by atoms with E-state index in [1.165, 1.54) is 32.1 Å². The van der Waals surface area contributed by atoms with Crippen molar-refractivity contribution in [3.05, 3.63) is 11.6 Å². The molecule has 0 bridgehead atoms. The van der Waals surface area contributed by atoms with Gasteiger partial charge in [0.25, 0.3) is 0 Å². The Morgan fingerprint density at radius 2 is 1.92 bits per heavy atom. The van der Waals surface area contributed by atoms with Gasteiger partial charge in [-0.3, -0.25) is 4.99 Å². The highest BCUT2D eigenvalue weighted by atomic mass is 15.3. The third-order valence-electron chi connectivity index (χ3n) is 5.85. The molecular weight excluding hydrogens is 312 g/mol. The summed E-state index contributed by atoms with van der Waals surface area (Å²) in [5, 5.41) is 15.6. The van der Waals surface area contributed by atoms with E-state index in [0.29, 0.717) is 12.0 Å². The van der Waals surface area contributed by atoms with Crippen LogP contribution in [0, 0.1) is 18.8 Å². The van der Waals surface area contributed by atoms with Gasteiger partial charge >= 0.3 is 0 Å². The molecule has 6 heteroatoms. The summed E-state index contributed by atoms with van der Waals surface area (Å²) in [6.07, 6.45) is 8.75. The van der Waals surface area contributed by atoms with Gasteiger partial charge in [0.1, 0.15) is 11.6 Å². The van der Waals surface area contributed by atoms with Crippen LogP contribution in [-0.4, -0.2) is 39.9 Å². The molecule has 1 unspecified atom stereocenters. The number of aromatic nitrogens is 3. The summed E-state index contributed by atoms with van der Waals surface area (Å²) in [4.78, 5) is 4.90. The molecule has 25 heavy (non-hydrogen) atoms. The van der Waals surface area contributed by atoms with Gasteiger partial charge in [0.2, 0.25) is 0 Å². The van der Waals surface area contributed by atoms with Gasteiger partial charge in [0, 0.05) is 32.1 Å². The van der Waals surface area contributed by atoms with Crippen LogP contribution < -0.4 is 10.6 Å². The van der Waals surface area contributed by atoms with Gasteiger partial charge in [-0.05, 0) is 57.8 Å². The fourth-order valence-electron chi connectivity index (χ4n) is 4.13. The molecule has 140 valence electrons. The highest BCUT2D eigenvalue weighted by Crippen LogP contribution is 2.26. The third-order valence-corrected chi connectivity index (χ3v) is 5.85. The highest BCUT2D eigenvalue weighted by Gasteiger charge is 2.23. The van der Waals surface area contributed by atoms with E-state index in [-0.39, 0.29) is 0 Å². The van der Waals surface area contributed by atoms with E-state index in [2.05, 4.69) is 39.2 Å². The molecule has 1 aliphatic heterocycles. The molecule has 1 saturated carbocycles. The zero-order valence-corrected chi connectivity index (χ0v) is 16.1. The van der Waals surface area contributed by atoms with E-state index in [0.717, 1.165) is 56.0 Å². The topological polar surface area (TPSA) is 67.1 Å². The van der Waals surface area contributed by atoms with E-state index in [4.69, 9.17) is 4.99 Å². The van der Waals surface area contributed by atoms with E-state index < -0.39 is 0 Å². The van der Waals surface area contributed by atoms with Crippen molar-refractivity contribution in [1.29, 1.82) is 0 Å². The Balaban J connectivity index is 1.53. The SMILES string of the molecule is CCNC(=NCC1CCc2nnc(C)n2C1)NC1CCC(CC)CC1. The molecule has 0 amide bonds. The summed E-state index contributed by atoms with van der Waals surface area (Å²) < 4.78 is 2.26. The lowest BCUT2D eigenvalue weighted by Crippen LogP contribution is -2.45. The Morgan fingerprint density at radius 3 is 2.64 bits per heavy atom. The summed E-state index contributed by atoms with van der Waals surface area (Å²) in [6, 6.07) is 0.582. The number of rotatable bonds is 5. The van der Waals surface area contributed by atoms with E-state index in [1.54, 1.807) is 0 Å². The number of guanidine groups is 1. The maximum atomic E-state index is 4.90. The highest BCUT2D eigenvalue weighted by molar-refractivity contribution is 5.80. The van der Waals surface area contributed by atoms with E-state index in [1.807, 2.05) is 6.92 Å². The van der Waals surface area contributed by atoms with Gasteiger partial charge in [-0.1, -0.05) is 13.3 Å². The fourth-order valence-corrected chi connectivity index (χ4v) is 4.13. The minimum atomic E-state index is 0.577. The zero-order chi connectivity index (χ0) is 17.6. The molecule has 0 radical (unpaired) electrons. The van der Waals surface area contributed by atoms with Gasteiger partial charge in [-0.2, -0.15) is 0 Å². The molecule has 3 rings (SSSR count). The van der Waals surface area contributed by atoms with Gasteiger partial charge < -0.3 is 15.2 Å². The van der Waals surface area contributed by atoms with Crippen molar-refractivity contribution in [2.24, 2.45) is 16.8 Å².